The van der Waals surface area contributed by atoms with Crippen LogP contribution in [0.25, 0.3) is 10.9 Å². The molecule has 0 radical (unpaired) electrons. The number of hydrogen-bond acceptors (Lipinski definition) is 2. The topological polar surface area (TPSA) is 37.2 Å². The van der Waals surface area contributed by atoms with Gasteiger partial charge >= 0.3 is 0 Å². The summed E-state index contributed by atoms with van der Waals surface area (Å²) < 4.78 is 2.03. The van der Waals surface area contributed by atoms with Crippen molar-refractivity contribution in [2.24, 2.45) is 7.05 Å². The molecule has 0 aliphatic heterocycles. The minimum atomic E-state index is 0.355. The molecule has 0 fully saturated rings. The first-order valence-corrected chi connectivity index (χ1v) is 4.64. The van der Waals surface area contributed by atoms with E-state index in [0.29, 0.717) is 5.75 Å². The second kappa shape index (κ2) is 3.35. The molecule has 2 aromatic rings. The van der Waals surface area contributed by atoms with Crippen LogP contribution in [0, 0.1) is 0 Å². The summed E-state index contributed by atoms with van der Waals surface area (Å²) in [7, 11) is 3.89. The van der Waals surface area contributed by atoms with Crippen molar-refractivity contribution in [1.82, 2.24) is 9.88 Å². The zero-order chi connectivity index (χ0) is 10.1. The van der Waals surface area contributed by atoms with E-state index < -0.39 is 0 Å². The normalized spacial score (nSPS) is 11.0. The lowest BCUT2D eigenvalue weighted by molar-refractivity contribution is 0.481. The van der Waals surface area contributed by atoms with Gasteiger partial charge in [-0.25, -0.2) is 0 Å². The Hall–Kier alpha value is -1.48. The maximum atomic E-state index is 9.75. The molecule has 0 atom stereocenters. The number of hydrogen-bond donors (Lipinski definition) is 2. The molecule has 0 bridgehead atoms. The van der Waals surface area contributed by atoms with Gasteiger partial charge in [-0.2, -0.15) is 0 Å². The average Bonchev–Trinajstić information content (AvgIpc) is 2.46. The lowest BCUT2D eigenvalue weighted by Gasteiger charge is -1.99. The molecule has 1 aromatic carbocycles. The standard InChI is InChI=1S/C11H14N2O/c1-12-6-8-7-13(2)9-4-3-5-10(14)11(8)9/h3-5,7,12,14H,6H2,1-2H3. The smallest absolute Gasteiger partial charge is 0.125 e. The minimum absolute atomic E-state index is 0.355. The molecule has 0 saturated carbocycles. The maximum absolute atomic E-state index is 9.75. The van der Waals surface area contributed by atoms with E-state index in [1.54, 1.807) is 6.07 Å². The van der Waals surface area contributed by atoms with E-state index in [1.165, 1.54) is 0 Å². The SMILES string of the molecule is CNCc1cn(C)c2cccc(O)c12. The van der Waals surface area contributed by atoms with Gasteiger partial charge in [-0.1, -0.05) is 6.07 Å². The van der Waals surface area contributed by atoms with E-state index in [-0.39, 0.29) is 0 Å². The molecule has 0 aliphatic rings. The molecule has 0 amide bonds. The number of benzene rings is 1. The third-order valence-corrected chi connectivity index (χ3v) is 2.44. The summed E-state index contributed by atoms with van der Waals surface area (Å²) in [4.78, 5) is 0. The van der Waals surface area contributed by atoms with Crippen molar-refractivity contribution in [2.45, 2.75) is 6.54 Å². The first-order valence-electron chi connectivity index (χ1n) is 4.64. The fraction of sp³-hybridized carbons (Fsp3) is 0.273. The Kier molecular flexibility index (Phi) is 2.17. The van der Waals surface area contributed by atoms with Crippen LogP contribution in [0.5, 0.6) is 5.75 Å². The van der Waals surface area contributed by atoms with Gasteiger partial charge in [0, 0.05) is 25.2 Å². The van der Waals surface area contributed by atoms with Gasteiger partial charge in [-0.3, -0.25) is 0 Å². The predicted octanol–water partition coefficient (Wildman–Crippen LogP) is 1.60. The Morgan fingerprint density at radius 3 is 2.93 bits per heavy atom. The Bertz CT molecular complexity index is 460. The van der Waals surface area contributed by atoms with Crippen molar-refractivity contribution in [3.63, 3.8) is 0 Å². The number of rotatable bonds is 2. The van der Waals surface area contributed by atoms with Crippen LogP contribution in [0.4, 0.5) is 0 Å². The molecule has 0 unspecified atom stereocenters. The molecule has 2 N–H and O–H groups in total. The van der Waals surface area contributed by atoms with Crippen molar-refractivity contribution in [3.8, 4) is 5.75 Å². The molecular weight excluding hydrogens is 176 g/mol. The molecule has 0 spiro atoms. The summed E-state index contributed by atoms with van der Waals surface area (Å²) in [5.74, 6) is 0.355. The summed E-state index contributed by atoms with van der Waals surface area (Å²) in [6, 6.07) is 5.59. The van der Waals surface area contributed by atoms with Crippen molar-refractivity contribution >= 4 is 10.9 Å². The van der Waals surface area contributed by atoms with E-state index in [9.17, 15) is 5.11 Å². The number of phenolic OH excluding ortho intramolecular Hbond substituents is 1. The summed E-state index contributed by atoms with van der Waals surface area (Å²) in [6.07, 6.45) is 2.04. The van der Waals surface area contributed by atoms with Crippen LogP contribution < -0.4 is 5.32 Å². The molecular formula is C11H14N2O. The van der Waals surface area contributed by atoms with Crippen LogP contribution in [-0.2, 0) is 13.6 Å². The number of aromatic hydroxyl groups is 1. The van der Waals surface area contributed by atoms with Gasteiger partial charge in [0.05, 0.1) is 5.52 Å². The number of nitrogens with one attached hydrogen (secondary N) is 1. The summed E-state index contributed by atoms with van der Waals surface area (Å²) >= 11 is 0. The first-order chi connectivity index (χ1) is 6.74. The molecule has 74 valence electrons. The van der Waals surface area contributed by atoms with E-state index >= 15 is 0 Å². The zero-order valence-corrected chi connectivity index (χ0v) is 8.41. The third kappa shape index (κ3) is 1.26. The van der Waals surface area contributed by atoms with Gasteiger partial charge in [0.15, 0.2) is 0 Å². The minimum Gasteiger partial charge on any atom is -0.507 e. The van der Waals surface area contributed by atoms with E-state index in [1.807, 2.05) is 37.0 Å². The summed E-state index contributed by atoms with van der Waals surface area (Å²) in [5.41, 5.74) is 2.19. The average molecular weight is 190 g/mol. The molecule has 2 rings (SSSR count). The van der Waals surface area contributed by atoms with E-state index in [4.69, 9.17) is 0 Å². The van der Waals surface area contributed by atoms with Crippen molar-refractivity contribution in [2.75, 3.05) is 7.05 Å². The van der Waals surface area contributed by atoms with Crippen LogP contribution in [0.2, 0.25) is 0 Å². The van der Waals surface area contributed by atoms with Crippen LogP contribution >= 0.6 is 0 Å². The quantitative estimate of drug-likeness (QED) is 0.754. The highest BCUT2D eigenvalue weighted by molar-refractivity contribution is 5.89. The lowest BCUT2D eigenvalue weighted by Crippen LogP contribution is -2.04. The Labute approximate surface area is 83.0 Å². The van der Waals surface area contributed by atoms with Crippen LogP contribution in [-0.4, -0.2) is 16.7 Å². The van der Waals surface area contributed by atoms with Crippen LogP contribution in [0.15, 0.2) is 24.4 Å². The zero-order valence-electron chi connectivity index (χ0n) is 8.41. The largest absolute Gasteiger partial charge is 0.507 e. The van der Waals surface area contributed by atoms with Gasteiger partial charge in [-0.05, 0) is 24.7 Å². The maximum Gasteiger partial charge on any atom is 0.125 e. The van der Waals surface area contributed by atoms with Gasteiger partial charge in [0.1, 0.15) is 5.75 Å². The fourth-order valence-electron chi connectivity index (χ4n) is 1.84. The highest BCUT2D eigenvalue weighted by Crippen LogP contribution is 2.28. The van der Waals surface area contributed by atoms with Crippen LogP contribution in [0.3, 0.4) is 0 Å². The molecule has 3 nitrogen and oxygen atoms in total. The lowest BCUT2D eigenvalue weighted by atomic mass is 10.1. The molecule has 0 saturated heterocycles. The molecule has 3 heteroatoms. The number of aryl methyl sites for hydroxylation is 1. The summed E-state index contributed by atoms with van der Waals surface area (Å²) in [5, 5.41) is 13.8. The highest BCUT2D eigenvalue weighted by Gasteiger charge is 2.08. The Balaban J connectivity index is 2.72. The van der Waals surface area contributed by atoms with Crippen molar-refractivity contribution < 1.29 is 5.11 Å². The fourth-order valence-corrected chi connectivity index (χ4v) is 1.84. The Morgan fingerprint density at radius 2 is 2.21 bits per heavy atom. The number of phenols is 1. The van der Waals surface area contributed by atoms with Crippen molar-refractivity contribution in [1.29, 1.82) is 0 Å². The predicted molar refractivity (Wildman–Crippen MR) is 57.3 cm³/mol. The number of aromatic nitrogens is 1. The van der Waals surface area contributed by atoms with E-state index in [2.05, 4.69) is 5.32 Å². The number of fused-ring (bicyclic) bond motifs is 1. The van der Waals surface area contributed by atoms with Crippen LogP contribution in [0.1, 0.15) is 5.56 Å². The van der Waals surface area contributed by atoms with Gasteiger partial charge in [0.25, 0.3) is 0 Å². The second-order valence-corrected chi connectivity index (χ2v) is 3.47. The first kappa shape index (κ1) is 9.09. The molecule has 1 aromatic heterocycles. The monoisotopic (exact) mass is 190 g/mol. The highest BCUT2D eigenvalue weighted by atomic mass is 16.3. The molecule has 0 aliphatic carbocycles. The third-order valence-electron chi connectivity index (χ3n) is 2.44. The van der Waals surface area contributed by atoms with Crippen molar-refractivity contribution in [3.05, 3.63) is 30.0 Å². The number of nitrogens with zero attached hydrogens (tertiary/aromatic N) is 1. The summed E-state index contributed by atoms with van der Waals surface area (Å²) in [6.45, 7) is 0.773. The van der Waals surface area contributed by atoms with E-state index in [0.717, 1.165) is 23.0 Å². The molecule has 14 heavy (non-hydrogen) atoms. The van der Waals surface area contributed by atoms with Gasteiger partial charge in [0.2, 0.25) is 0 Å². The molecule has 1 heterocycles. The van der Waals surface area contributed by atoms with Gasteiger partial charge in [-0.15, -0.1) is 0 Å². The Morgan fingerprint density at radius 1 is 1.43 bits per heavy atom. The second-order valence-electron chi connectivity index (χ2n) is 3.47. The van der Waals surface area contributed by atoms with Gasteiger partial charge < -0.3 is 15.0 Å².